The molecular formula is C21H21ClN6O. The Labute approximate surface area is 173 Å². The van der Waals surface area contributed by atoms with E-state index in [1.807, 2.05) is 41.3 Å². The van der Waals surface area contributed by atoms with Gasteiger partial charge in [0, 0.05) is 18.8 Å². The molecule has 3 fully saturated rings. The van der Waals surface area contributed by atoms with Gasteiger partial charge in [-0.25, -0.2) is 4.98 Å². The van der Waals surface area contributed by atoms with Crippen LogP contribution in [0.3, 0.4) is 0 Å². The lowest BCUT2D eigenvalue weighted by molar-refractivity contribution is 0.0281. The number of para-hydroxylation sites is 1. The molecule has 2 bridgehead atoms. The van der Waals surface area contributed by atoms with Crippen molar-refractivity contribution in [2.24, 2.45) is 5.92 Å². The number of anilines is 1. The Hall–Kier alpha value is -2.93. The molecule has 2 aliphatic heterocycles. The molecule has 3 aliphatic rings. The highest BCUT2D eigenvalue weighted by molar-refractivity contribution is 6.30. The van der Waals surface area contributed by atoms with Crippen molar-refractivity contribution >= 4 is 23.3 Å². The summed E-state index contributed by atoms with van der Waals surface area (Å²) >= 11 is 5.95. The van der Waals surface area contributed by atoms with E-state index in [2.05, 4.69) is 20.5 Å². The van der Waals surface area contributed by atoms with Crippen LogP contribution in [0.15, 0.2) is 55.0 Å². The van der Waals surface area contributed by atoms with Crippen LogP contribution in [0.4, 0.5) is 5.82 Å². The van der Waals surface area contributed by atoms with Crippen molar-refractivity contribution in [3.63, 3.8) is 0 Å². The highest BCUT2D eigenvalue weighted by Gasteiger charge is 2.43. The SMILES string of the molecule is O=C(c1ccccc1-n1nccn1)N1C[C@@H]2CC[C@H]1[C@H](Nc1ccc(Cl)cn1)C2. The number of fused-ring (bicyclic) bond motifs is 3. The van der Waals surface area contributed by atoms with Crippen LogP contribution in [0.1, 0.15) is 29.6 Å². The van der Waals surface area contributed by atoms with E-state index in [4.69, 9.17) is 11.6 Å². The van der Waals surface area contributed by atoms with Crippen molar-refractivity contribution in [2.75, 3.05) is 11.9 Å². The van der Waals surface area contributed by atoms with Crippen molar-refractivity contribution in [1.29, 1.82) is 0 Å². The molecule has 3 atom stereocenters. The van der Waals surface area contributed by atoms with Gasteiger partial charge in [-0.1, -0.05) is 23.7 Å². The van der Waals surface area contributed by atoms with E-state index >= 15 is 0 Å². The molecule has 148 valence electrons. The van der Waals surface area contributed by atoms with E-state index in [9.17, 15) is 4.79 Å². The molecule has 29 heavy (non-hydrogen) atoms. The maximum Gasteiger partial charge on any atom is 0.256 e. The number of amides is 1. The lowest BCUT2D eigenvalue weighted by Gasteiger charge is -2.50. The van der Waals surface area contributed by atoms with Gasteiger partial charge in [0.25, 0.3) is 5.91 Å². The molecule has 0 radical (unpaired) electrons. The van der Waals surface area contributed by atoms with Crippen LogP contribution in [0, 0.1) is 5.92 Å². The summed E-state index contributed by atoms with van der Waals surface area (Å²) in [4.78, 5) is 21.4. The molecule has 2 saturated heterocycles. The van der Waals surface area contributed by atoms with Crippen molar-refractivity contribution < 1.29 is 4.79 Å². The summed E-state index contributed by atoms with van der Waals surface area (Å²) in [5.41, 5.74) is 1.33. The Balaban J connectivity index is 1.41. The number of piperidine rings is 2. The smallest absolute Gasteiger partial charge is 0.256 e. The minimum atomic E-state index is 0.0307. The van der Waals surface area contributed by atoms with Gasteiger partial charge in [0.05, 0.1) is 34.7 Å². The summed E-state index contributed by atoms with van der Waals surface area (Å²) in [7, 11) is 0. The van der Waals surface area contributed by atoms with E-state index in [0.717, 1.165) is 31.6 Å². The Morgan fingerprint density at radius 3 is 2.69 bits per heavy atom. The Morgan fingerprint density at radius 1 is 1.10 bits per heavy atom. The van der Waals surface area contributed by atoms with E-state index in [1.54, 1.807) is 18.6 Å². The quantitative estimate of drug-likeness (QED) is 0.715. The lowest BCUT2D eigenvalue weighted by atomic mass is 9.76. The summed E-state index contributed by atoms with van der Waals surface area (Å²) in [5.74, 6) is 1.31. The number of nitrogens with zero attached hydrogens (tertiary/aromatic N) is 5. The van der Waals surface area contributed by atoms with Crippen LogP contribution in [0.25, 0.3) is 5.69 Å². The molecular weight excluding hydrogens is 388 g/mol. The lowest BCUT2D eigenvalue weighted by Crippen LogP contribution is -2.59. The fourth-order valence-electron chi connectivity index (χ4n) is 4.56. The first kappa shape index (κ1) is 18.1. The summed E-state index contributed by atoms with van der Waals surface area (Å²) in [6.45, 7) is 0.788. The second-order valence-electron chi connectivity index (χ2n) is 7.65. The fraction of sp³-hybridized carbons (Fsp3) is 0.333. The van der Waals surface area contributed by atoms with Gasteiger partial charge >= 0.3 is 0 Å². The van der Waals surface area contributed by atoms with E-state index in [-0.39, 0.29) is 18.0 Å². The average molecular weight is 409 g/mol. The first-order valence-corrected chi connectivity index (χ1v) is 10.2. The molecule has 1 aromatic carbocycles. The molecule has 1 N–H and O–H groups in total. The number of halogens is 1. The third-order valence-corrected chi connectivity index (χ3v) is 6.09. The van der Waals surface area contributed by atoms with Gasteiger partial charge in [0.2, 0.25) is 0 Å². The first-order chi connectivity index (χ1) is 14.2. The zero-order valence-corrected chi connectivity index (χ0v) is 16.5. The van der Waals surface area contributed by atoms with Gasteiger partial charge in [-0.15, -0.1) is 0 Å². The standard InChI is InChI=1S/C21H21ClN6O/c22-15-6-8-20(23-12-15)26-17-11-14-5-7-19(17)27(13-14)21(29)16-3-1-2-4-18(16)28-24-9-10-25-28/h1-4,6,8-10,12,14,17,19H,5,7,11,13H2,(H,23,26)/t14-,17-,19+/m1/s1. The van der Waals surface area contributed by atoms with Gasteiger partial charge in [-0.2, -0.15) is 15.0 Å². The number of pyridine rings is 1. The van der Waals surface area contributed by atoms with Crippen molar-refractivity contribution in [3.05, 3.63) is 65.6 Å². The Bertz CT molecular complexity index is 1010. The van der Waals surface area contributed by atoms with E-state index < -0.39 is 0 Å². The number of carbonyl (C=O) groups excluding carboxylic acids is 1. The van der Waals surface area contributed by atoms with Crippen LogP contribution in [-0.2, 0) is 0 Å². The number of rotatable bonds is 4. The molecule has 8 heteroatoms. The minimum Gasteiger partial charge on any atom is -0.365 e. The van der Waals surface area contributed by atoms with Crippen LogP contribution >= 0.6 is 11.6 Å². The highest BCUT2D eigenvalue weighted by atomic mass is 35.5. The molecule has 7 nitrogen and oxygen atoms in total. The predicted octanol–water partition coefficient (Wildman–Crippen LogP) is 3.42. The number of carbonyl (C=O) groups is 1. The summed E-state index contributed by atoms with van der Waals surface area (Å²) in [5, 5.41) is 12.5. The molecule has 4 heterocycles. The molecule has 0 unspecified atom stereocenters. The third-order valence-electron chi connectivity index (χ3n) is 5.87. The van der Waals surface area contributed by atoms with Crippen LogP contribution < -0.4 is 5.32 Å². The molecule has 3 aromatic rings. The average Bonchev–Trinajstić information content (AvgIpc) is 3.30. The van der Waals surface area contributed by atoms with Gasteiger partial charge in [0.1, 0.15) is 5.82 Å². The molecule has 1 aliphatic carbocycles. The van der Waals surface area contributed by atoms with Crippen LogP contribution in [0.5, 0.6) is 0 Å². The van der Waals surface area contributed by atoms with Gasteiger partial charge in [0.15, 0.2) is 0 Å². The number of aromatic nitrogens is 4. The van der Waals surface area contributed by atoms with Gasteiger partial charge < -0.3 is 10.2 Å². The first-order valence-electron chi connectivity index (χ1n) is 9.84. The Kier molecular flexibility index (Phi) is 4.67. The van der Waals surface area contributed by atoms with Gasteiger partial charge in [-0.05, 0) is 49.4 Å². The monoisotopic (exact) mass is 408 g/mol. The summed E-state index contributed by atoms with van der Waals surface area (Å²) in [6, 6.07) is 11.5. The number of hydrogen-bond donors (Lipinski definition) is 1. The van der Waals surface area contributed by atoms with Crippen molar-refractivity contribution in [3.8, 4) is 5.69 Å². The molecule has 0 spiro atoms. The van der Waals surface area contributed by atoms with Gasteiger partial charge in [-0.3, -0.25) is 4.79 Å². The maximum atomic E-state index is 13.5. The topological polar surface area (TPSA) is 75.9 Å². The number of hydrogen-bond acceptors (Lipinski definition) is 5. The second kappa shape index (κ2) is 7.48. The van der Waals surface area contributed by atoms with E-state index in [1.165, 1.54) is 4.80 Å². The highest BCUT2D eigenvalue weighted by Crippen LogP contribution is 2.37. The largest absolute Gasteiger partial charge is 0.365 e. The minimum absolute atomic E-state index is 0.0307. The third kappa shape index (κ3) is 3.46. The molecule has 1 amide bonds. The van der Waals surface area contributed by atoms with E-state index in [0.29, 0.717) is 22.2 Å². The maximum absolute atomic E-state index is 13.5. The normalized spacial score (nSPS) is 23.2. The summed E-state index contributed by atoms with van der Waals surface area (Å²) < 4.78 is 0. The second-order valence-corrected chi connectivity index (χ2v) is 8.09. The van der Waals surface area contributed by atoms with Crippen LogP contribution in [0.2, 0.25) is 5.02 Å². The zero-order chi connectivity index (χ0) is 19.8. The zero-order valence-electron chi connectivity index (χ0n) is 15.8. The number of benzene rings is 1. The molecule has 2 aromatic heterocycles. The molecule has 1 saturated carbocycles. The summed E-state index contributed by atoms with van der Waals surface area (Å²) in [6.07, 6.45) is 8.06. The van der Waals surface area contributed by atoms with Crippen LogP contribution in [-0.4, -0.2) is 49.4 Å². The number of nitrogens with one attached hydrogen (secondary N) is 1. The fourth-order valence-corrected chi connectivity index (χ4v) is 4.67. The van der Waals surface area contributed by atoms with Crippen molar-refractivity contribution in [1.82, 2.24) is 24.9 Å². The van der Waals surface area contributed by atoms with Crippen molar-refractivity contribution in [2.45, 2.75) is 31.3 Å². The molecule has 6 rings (SSSR count). The Morgan fingerprint density at radius 2 is 1.93 bits per heavy atom. The predicted molar refractivity (Wildman–Crippen MR) is 110 cm³/mol.